The highest BCUT2D eigenvalue weighted by atomic mass is 16.4. The average Bonchev–Trinajstić information content (AvgIpc) is 2.95. The highest BCUT2D eigenvalue weighted by Crippen LogP contribution is 2.25. The number of hydrogen-bond acceptors (Lipinski definition) is 6. The van der Waals surface area contributed by atoms with Crippen LogP contribution in [0.4, 0.5) is 5.69 Å². The van der Waals surface area contributed by atoms with Crippen LogP contribution in [0.15, 0.2) is 72.9 Å². The molecule has 1 amide bonds. The summed E-state index contributed by atoms with van der Waals surface area (Å²) in [6.45, 7) is 3.82. The van der Waals surface area contributed by atoms with Gasteiger partial charge in [-0.3, -0.25) is 9.59 Å². The van der Waals surface area contributed by atoms with Crippen molar-refractivity contribution in [2.24, 2.45) is 0 Å². The van der Waals surface area contributed by atoms with Crippen LogP contribution in [0, 0.1) is 0 Å². The Morgan fingerprint density at radius 3 is 2.32 bits per heavy atom. The lowest BCUT2D eigenvalue weighted by atomic mass is 10.0. The molecule has 0 atom stereocenters. The number of aliphatic carboxylic acids is 1. The molecule has 196 valence electrons. The fourth-order valence-corrected chi connectivity index (χ4v) is 4.34. The van der Waals surface area contributed by atoms with E-state index < -0.39 is 5.97 Å². The first-order valence-corrected chi connectivity index (χ1v) is 13.0. The molecular formula is C30H33N5O3. The molecule has 0 radical (unpaired) electrons. The van der Waals surface area contributed by atoms with E-state index in [9.17, 15) is 9.59 Å². The van der Waals surface area contributed by atoms with Crippen molar-refractivity contribution < 1.29 is 14.7 Å². The highest BCUT2D eigenvalue weighted by Gasteiger charge is 2.18. The average molecular weight is 512 g/mol. The van der Waals surface area contributed by atoms with Crippen molar-refractivity contribution in [2.45, 2.75) is 32.6 Å². The predicted molar refractivity (Wildman–Crippen MR) is 149 cm³/mol. The number of carbonyl (C=O) groups excluding carboxylic acids is 1. The number of pyridine rings is 1. The number of carboxylic acids is 1. The second kappa shape index (κ2) is 12.8. The van der Waals surface area contributed by atoms with Gasteiger partial charge in [-0.1, -0.05) is 48.5 Å². The molecule has 2 heterocycles. The summed E-state index contributed by atoms with van der Waals surface area (Å²) >= 11 is 0. The number of aromatic nitrogens is 3. The van der Waals surface area contributed by atoms with Gasteiger partial charge in [0, 0.05) is 50.6 Å². The zero-order valence-corrected chi connectivity index (χ0v) is 21.9. The van der Waals surface area contributed by atoms with Crippen LogP contribution in [-0.4, -0.2) is 63.5 Å². The minimum Gasteiger partial charge on any atom is -0.481 e. The molecule has 8 nitrogen and oxygen atoms in total. The molecule has 2 aromatic heterocycles. The summed E-state index contributed by atoms with van der Waals surface area (Å²) in [4.78, 5) is 42.4. The Bertz CT molecular complexity index is 1380. The van der Waals surface area contributed by atoms with Crippen molar-refractivity contribution >= 4 is 28.7 Å². The molecule has 0 aliphatic heterocycles. The van der Waals surface area contributed by atoms with Gasteiger partial charge in [-0.25, -0.2) is 15.0 Å². The van der Waals surface area contributed by atoms with Crippen LogP contribution in [-0.2, 0) is 11.2 Å². The van der Waals surface area contributed by atoms with Gasteiger partial charge in [-0.05, 0) is 44.4 Å². The number of carboxylic acid groups (broad SMARTS) is 1. The van der Waals surface area contributed by atoms with Gasteiger partial charge in [0.25, 0.3) is 5.91 Å². The molecule has 0 saturated carbocycles. The second-order valence-corrected chi connectivity index (χ2v) is 9.19. The fraction of sp³-hybridized carbons (Fsp3) is 0.300. The van der Waals surface area contributed by atoms with Crippen LogP contribution < -0.4 is 4.90 Å². The normalized spacial score (nSPS) is 10.9. The second-order valence-electron chi connectivity index (χ2n) is 9.19. The number of likely N-dealkylation sites (N-methyl/N-ethyl adjacent to an activating group) is 2. The van der Waals surface area contributed by atoms with Crippen LogP contribution in [0.3, 0.4) is 0 Å². The molecule has 1 N–H and O–H groups in total. The number of nitrogens with zero attached hydrogens (tertiary/aromatic N) is 5. The van der Waals surface area contributed by atoms with Crippen molar-refractivity contribution in [3.8, 4) is 11.3 Å². The Balaban J connectivity index is 1.56. The number of unbranched alkanes of at least 4 members (excludes halogenated alkanes) is 1. The zero-order valence-electron chi connectivity index (χ0n) is 21.9. The largest absolute Gasteiger partial charge is 0.481 e. The zero-order chi connectivity index (χ0) is 26.9. The predicted octanol–water partition coefficient (Wildman–Crippen LogP) is 5.09. The lowest BCUT2D eigenvalue weighted by Gasteiger charge is -2.26. The number of carbonyl (C=O) groups is 2. The van der Waals surface area contributed by atoms with E-state index in [-0.39, 0.29) is 12.3 Å². The molecule has 0 spiro atoms. The first kappa shape index (κ1) is 26.7. The van der Waals surface area contributed by atoms with E-state index in [1.165, 1.54) is 0 Å². The van der Waals surface area contributed by atoms with Crippen LogP contribution in [0.5, 0.6) is 0 Å². The Hall–Kier alpha value is -4.33. The van der Waals surface area contributed by atoms with Gasteiger partial charge < -0.3 is 14.9 Å². The van der Waals surface area contributed by atoms with E-state index in [0.717, 1.165) is 22.6 Å². The van der Waals surface area contributed by atoms with E-state index in [2.05, 4.69) is 9.88 Å². The van der Waals surface area contributed by atoms with Gasteiger partial charge in [0.15, 0.2) is 5.65 Å². The SMILES string of the molecule is CCN(CCN(C)c1ccccc1)C(=O)c1cnc2nc(-c3ccccc3)c(CCCCC(=O)O)nc2c1. The van der Waals surface area contributed by atoms with E-state index in [0.29, 0.717) is 55.6 Å². The fourth-order valence-electron chi connectivity index (χ4n) is 4.34. The number of fused-ring (bicyclic) bond motifs is 1. The van der Waals surface area contributed by atoms with E-state index in [4.69, 9.17) is 15.1 Å². The maximum atomic E-state index is 13.4. The molecule has 8 heteroatoms. The molecule has 0 unspecified atom stereocenters. The summed E-state index contributed by atoms with van der Waals surface area (Å²) < 4.78 is 0. The topological polar surface area (TPSA) is 99.5 Å². The van der Waals surface area contributed by atoms with Crippen molar-refractivity contribution in [3.05, 3.63) is 84.2 Å². The molecule has 4 rings (SSSR count). The Labute approximate surface area is 223 Å². The third kappa shape index (κ3) is 6.70. The number of amides is 1. The smallest absolute Gasteiger partial charge is 0.303 e. The van der Waals surface area contributed by atoms with Gasteiger partial charge in [0.1, 0.15) is 5.52 Å². The molecule has 4 aromatic rings. The summed E-state index contributed by atoms with van der Waals surface area (Å²) in [7, 11) is 2.02. The minimum atomic E-state index is -0.805. The van der Waals surface area contributed by atoms with E-state index in [1.54, 1.807) is 17.2 Å². The lowest BCUT2D eigenvalue weighted by Crippen LogP contribution is -2.37. The molecule has 0 bridgehead atoms. The summed E-state index contributed by atoms with van der Waals surface area (Å²) in [6.07, 6.45) is 3.52. The standard InChI is InChI=1S/C30H33N5O3/c1-3-35(19-18-34(2)24-14-8-5-9-15-24)30(38)23-20-26-29(31-21-23)33-28(22-12-6-4-7-13-22)25(32-26)16-10-11-17-27(36)37/h4-9,12-15,20-21H,3,10-11,16-19H2,1-2H3,(H,36,37). The Kier molecular flexibility index (Phi) is 8.98. The molecule has 2 aromatic carbocycles. The first-order chi connectivity index (χ1) is 18.5. The van der Waals surface area contributed by atoms with Crippen molar-refractivity contribution in [2.75, 3.05) is 31.6 Å². The van der Waals surface area contributed by atoms with E-state index >= 15 is 0 Å². The third-order valence-corrected chi connectivity index (χ3v) is 6.51. The number of aryl methyl sites for hydroxylation is 1. The van der Waals surface area contributed by atoms with Gasteiger partial charge in [0.05, 0.1) is 17.0 Å². The monoisotopic (exact) mass is 511 g/mol. The molecule has 0 saturated heterocycles. The third-order valence-electron chi connectivity index (χ3n) is 6.51. The lowest BCUT2D eigenvalue weighted by molar-refractivity contribution is -0.137. The van der Waals surface area contributed by atoms with Crippen LogP contribution in [0.25, 0.3) is 22.4 Å². The number of para-hydroxylation sites is 1. The summed E-state index contributed by atoms with van der Waals surface area (Å²) in [6, 6.07) is 21.6. The number of benzene rings is 2. The highest BCUT2D eigenvalue weighted by molar-refractivity contribution is 5.96. The number of anilines is 1. The maximum Gasteiger partial charge on any atom is 0.303 e. The van der Waals surface area contributed by atoms with Crippen molar-refractivity contribution in [1.82, 2.24) is 19.9 Å². The Morgan fingerprint density at radius 2 is 1.63 bits per heavy atom. The molecule has 0 aliphatic rings. The number of rotatable bonds is 12. The maximum absolute atomic E-state index is 13.4. The minimum absolute atomic E-state index is 0.0969. The van der Waals surface area contributed by atoms with E-state index in [1.807, 2.05) is 74.6 Å². The number of hydrogen-bond donors (Lipinski definition) is 1. The molecule has 0 aliphatic carbocycles. The first-order valence-electron chi connectivity index (χ1n) is 13.0. The quantitative estimate of drug-likeness (QED) is 0.265. The molecular weight excluding hydrogens is 478 g/mol. The summed E-state index contributed by atoms with van der Waals surface area (Å²) in [5.41, 5.74) is 5.04. The molecule has 38 heavy (non-hydrogen) atoms. The van der Waals surface area contributed by atoms with Gasteiger partial charge in [-0.15, -0.1) is 0 Å². The van der Waals surface area contributed by atoms with Crippen LogP contribution >= 0.6 is 0 Å². The summed E-state index contributed by atoms with van der Waals surface area (Å²) in [5, 5.41) is 8.98. The van der Waals surface area contributed by atoms with Gasteiger partial charge in [0.2, 0.25) is 0 Å². The summed E-state index contributed by atoms with van der Waals surface area (Å²) in [5.74, 6) is -0.902. The van der Waals surface area contributed by atoms with Crippen molar-refractivity contribution in [3.63, 3.8) is 0 Å². The van der Waals surface area contributed by atoms with Crippen LogP contribution in [0.2, 0.25) is 0 Å². The van der Waals surface area contributed by atoms with Gasteiger partial charge in [-0.2, -0.15) is 0 Å². The van der Waals surface area contributed by atoms with Crippen molar-refractivity contribution in [1.29, 1.82) is 0 Å². The van der Waals surface area contributed by atoms with Crippen LogP contribution in [0.1, 0.15) is 42.2 Å². The Morgan fingerprint density at radius 1 is 0.921 bits per heavy atom. The molecule has 0 fully saturated rings. The van der Waals surface area contributed by atoms with Gasteiger partial charge >= 0.3 is 5.97 Å².